The Balaban J connectivity index is 1.59. The van der Waals surface area contributed by atoms with Crippen LogP contribution in [0.5, 0.6) is 0 Å². The number of benzene rings is 2. The van der Waals surface area contributed by atoms with E-state index in [1.54, 1.807) is 12.4 Å². The molecule has 0 N–H and O–H groups in total. The van der Waals surface area contributed by atoms with Gasteiger partial charge in [0.15, 0.2) is 5.58 Å². The third-order valence-electron chi connectivity index (χ3n) is 4.81. The lowest BCUT2D eigenvalue weighted by molar-refractivity contribution is 0.654. The Morgan fingerprint density at radius 3 is 2.50 bits per heavy atom. The van der Waals surface area contributed by atoms with E-state index in [2.05, 4.69) is 34.2 Å². The Hall–Kier alpha value is -3.66. The second-order valence-electron chi connectivity index (χ2n) is 6.33. The smallest absolute Gasteiger partial charge is 0.227 e. The highest BCUT2D eigenvalue weighted by molar-refractivity contribution is 6.07. The van der Waals surface area contributed by atoms with Gasteiger partial charge in [0.1, 0.15) is 11.2 Å². The molecule has 122 valence electrons. The highest BCUT2D eigenvalue weighted by atomic mass is 16.3. The third kappa shape index (κ3) is 1.84. The van der Waals surface area contributed by atoms with Gasteiger partial charge < -0.3 is 8.83 Å². The van der Waals surface area contributed by atoms with E-state index in [0.29, 0.717) is 5.71 Å². The summed E-state index contributed by atoms with van der Waals surface area (Å²) in [4.78, 5) is 8.88. The molecule has 0 radical (unpaired) electrons. The van der Waals surface area contributed by atoms with Gasteiger partial charge in [-0.05, 0) is 36.4 Å². The molecule has 0 saturated carbocycles. The number of nitrogens with zero attached hydrogens (tertiary/aromatic N) is 2. The number of fused-ring (bicyclic) bond motifs is 6. The van der Waals surface area contributed by atoms with E-state index in [9.17, 15) is 0 Å². The first kappa shape index (κ1) is 13.6. The predicted molar refractivity (Wildman–Crippen MR) is 102 cm³/mol. The predicted octanol–water partition coefficient (Wildman–Crippen LogP) is 5.94. The monoisotopic (exact) mass is 336 g/mol. The van der Waals surface area contributed by atoms with Crippen LogP contribution in [0.4, 0.5) is 0 Å². The molecule has 0 amide bonds. The van der Waals surface area contributed by atoms with E-state index in [4.69, 9.17) is 8.83 Å². The van der Waals surface area contributed by atoms with Gasteiger partial charge in [-0.25, -0.2) is 4.98 Å². The maximum atomic E-state index is 5.90. The zero-order valence-electron chi connectivity index (χ0n) is 13.6. The minimum absolute atomic E-state index is 0.656. The molecule has 0 spiro atoms. The Morgan fingerprint density at radius 1 is 0.615 bits per heavy atom. The van der Waals surface area contributed by atoms with Crippen molar-refractivity contribution in [1.82, 2.24) is 9.97 Å². The van der Waals surface area contributed by atoms with Crippen LogP contribution < -0.4 is 0 Å². The molecule has 4 nitrogen and oxygen atoms in total. The lowest BCUT2D eigenvalue weighted by Gasteiger charge is -2.01. The number of furan rings is 2. The molecular weight excluding hydrogens is 324 g/mol. The van der Waals surface area contributed by atoms with Crippen molar-refractivity contribution in [1.29, 1.82) is 0 Å². The first-order valence-corrected chi connectivity index (χ1v) is 8.42. The van der Waals surface area contributed by atoms with Crippen molar-refractivity contribution in [3.05, 3.63) is 73.1 Å². The van der Waals surface area contributed by atoms with E-state index in [0.717, 1.165) is 49.6 Å². The topological polar surface area (TPSA) is 52.1 Å². The van der Waals surface area contributed by atoms with Crippen molar-refractivity contribution in [2.24, 2.45) is 0 Å². The molecule has 0 aliphatic heterocycles. The third-order valence-corrected chi connectivity index (χ3v) is 4.81. The van der Waals surface area contributed by atoms with Crippen LogP contribution in [-0.4, -0.2) is 9.97 Å². The van der Waals surface area contributed by atoms with Crippen LogP contribution >= 0.6 is 0 Å². The number of rotatable bonds is 1. The summed E-state index contributed by atoms with van der Waals surface area (Å²) in [5, 5.41) is 4.25. The van der Waals surface area contributed by atoms with Crippen molar-refractivity contribution in [2.45, 2.75) is 0 Å². The molecule has 4 heteroatoms. The lowest BCUT2D eigenvalue weighted by atomic mass is 10.1. The molecule has 0 atom stereocenters. The number of aromatic nitrogens is 2. The van der Waals surface area contributed by atoms with Crippen LogP contribution in [0.1, 0.15) is 0 Å². The van der Waals surface area contributed by atoms with Crippen LogP contribution in [0.3, 0.4) is 0 Å². The van der Waals surface area contributed by atoms with Crippen LogP contribution in [0.15, 0.2) is 81.9 Å². The van der Waals surface area contributed by atoms with E-state index in [1.165, 1.54) is 0 Å². The first-order valence-electron chi connectivity index (χ1n) is 8.42. The Kier molecular flexibility index (Phi) is 2.58. The summed E-state index contributed by atoms with van der Waals surface area (Å²) in [6.07, 6.45) is 3.53. The van der Waals surface area contributed by atoms with E-state index >= 15 is 0 Å². The summed E-state index contributed by atoms with van der Waals surface area (Å²) in [5.41, 5.74) is 5.03. The maximum absolute atomic E-state index is 5.90. The molecule has 6 rings (SSSR count). The average molecular weight is 336 g/mol. The molecule has 4 heterocycles. The SMILES string of the molecule is c1ccc2c(c1)oc1cnc(-c3ccc4c(c3)oc3ncccc34)cc12. The zero-order chi connectivity index (χ0) is 17.1. The number of para-hydroxylation sites is 1. The summed E-state index contributed by atoms with van der Waals surface area (Å²) < 4.78 is 11.8. The van der Waals surface area contributed by atoms with Gasteiger partial charge in [0.2, 0.25) is 5.71 Å². The van der Waals surface area contributed by atoms with Crippen molar-refractivity contribution in [3.8, 4) is 11.3 Å². The van der Waals surface area contributed by atoms with Gasteiger partial charge in [0.05, 0.1) is 11.9 Å². The minimum atomic E-state index is 0.656. The quantitative estimate of drug-likeness (QED) is 0.373. The summed E-state index contributed by atoms with van der Waals surface area (Å²) in [6, 6.07) is 20.2. The summed E-state index contributed by atoms with van der Waals surface area (Å²) in [6.45, 7) is 0. The van der Waals surface area contributed by atoms with Crippen molar-refractivity contribution < 1.29 is 8.83 Å². The number of hydrogen-bond acceptors (Lipinski definition) is 4. The summed E-state index contributed by atoms with van der Waals surface area (Å²) >= 11 is 0. The van der Waals surface area contributed by atoms with Crippen LogP contribution in [0.2, 0.25) is 0 Å². The van der Waals surface area contributed by atoms with Gasteiger partial charge in [0.25, 0.3) is 0 Å². The van der Waals surface area contributed by atoms with Gasteiger partial charge in [-0.15, -0.1) is 0 Å². The second-order valence-corrected chi connectivity index (χ2v) is 6.33. The van der Waals surface area contributed by atoms with Gasteiger partial charge in [-0.1, -0.05) is 24.3 Å². The minimum Gasteiger partial charge on any atom is -0.454 e. The van der Waals surface area contributed by atoms with Gasteiger partial charge >= 0.3 is 0 Å². The lowest BCUT2D eigenvalue weighted by Crippen LogP contribution is -1.82. The van der Waals surface area contributed by atoms with E-state index < -0.39 is 0 Å². The zero-order valence-corrected chi connectivity index (χ0v) is 13.6. The fourth-order valence-corrected chi connectivity index (χ4v) is 3.56. The molecule has 0 aliphatic rings. The molecule has 6 aromatic rings. The van der Waals surface area contributed by atoms with Crippen LogP contribution in [-0.2, 0) is 0 Å². The van der Waals surface area contributed by atoms with Crippen molar-refractivity contribution >= 4 is 44.0 Å². The summed E-state index contributed by atoms with van der Waals surface area (Å²) in [5.74, 6) is 0. The number of pyridine rings is 2. The van der Waals surface area contributed by atoms with E-state index in [1.807, 2.05) is 36.4 Å². The first-order chi connectivity index (χ1) is 12.9. The highest BCUT2D eigenvalue weighted by Gasteiger charge is 2.12. The van der Waals surface area contributed by atoms with Gasteiger partial charge in [-0.2, -0.15) is 0 Å². The van der Waals surface area contributed by atoms with Gasteiger partial charge in [-0.3, -0.25) is 4.98 Å². The van der Waals surface area contributed by atoms with Crippen LogP contribution in [0.25, 0.3) is 55.3 Å². The average Bonchev–Trinajstić information content (AvgIpc) is 3.25. The largest absolute Gasteiger partial charge is 0.454 e. The molecule has 0 saturated heterocycles. The van der Waals surface area contributed by atoms with Gasteiger partial charge in [0, 0.05) is 33.3 Å². The van der Waals surface area contributed by atoms with Crippen molar-refractivity contribution in [3.63, 3.8) is 0 Å². The Bertz CT molecular complexity index is 1440. The van der Waals surface area contributed by atoms with Crippen LogP contribution in [0, 0.1) is 0 Å². The molecule has 4 aromatic heterocycles. The number of hydrogen-bond donors (Lipinski definition) is 0. The molecular formula is C22H12N2O2. The normalized spacial score (nSPS) is 11.8. The molecule has 2 aromatic carbocycles. The molecule has 0 aliphatic carbocycles. The van der Waals surface area contributed by atoms with Crippen molar-refractivity contribution in [2.75, 3.05) is 0 Å². The molecule has 0 bridgehead atoms. The molecule has 26 heavy (non-hydrogen) atoms. The maximum Gasteiger partial charge on any atom is 0.227 e. The molecule has 0 unspecified atom stereocenters. The fraction of sp³-hybridized carbons (Fsp3) is 0. The Morgan fingerprint density at radius 2 is 1.50 bits per heavy atom. The summed E-state index contributed by atoms with van der Waals surface area (Å²) in [7, 11) is 0. The molecule has 0 fully saturated rings. The highest BCUT2D eigenvalue weighted by Crippen LogP contribution is 2.33. The van der Waals surface area contributed by atoms with E-state index in [-0.39, 0.29) is 0 Å². The Labute approximate surface area is 147 Å². The standard InChI is InChI=1S/C22H12N2O2/c1-2-6-19-14(4-1)17-11-18(24-12-21(17)25-19)13-7-8-15-16-5-3-9-23-22(16)26-20(15)10-13/h1-12H. The fourth-order valence-electron chi connectivity index (χ4n) is 3.56. The second kappa shape index (κ2) is 4.92.